The number of epoxide rings is 5. The third-order valence-electron chi connectivity index (χ3n) is 5.77. The molecule has 1 aromatic carbocycles. The van der Waals surface area contributed by atoms with Crippen molar-refractivity contribution in [1.82, 2.24) is 0 Å². The molecular formula is C21H28N2O6. The van der Waals surface area contributed by atoms with Gasteiger partial charge in [0.1, 0.15) is 24.1 Å². The van der Waals surface area contributed by atoms with E-state index >= 15 is 0 Å². The van der Waals surface area contributed by atoms with Gasteiger partial charge in [0.25, 0.3) is 0 Å². The van der Waals surface area contributed by atoms with Crippen LogP contribution >= 0.6 is 0 Å². The molecule has 0 N–H and O–H groups in total. The van der Waals surface area contributed by atoms with E-state index in [-0.39, 0.29) is 18.3 Å². The second-order valence-electron chi connectivity index (χ2n) is 8.52. The van der Waals surface area contributed by atoms with Crippen LogP contribution in [0.4, 0.5) is 11.4 Å². The van der Waals surface area contributed by atoms with Crippen molar-refractivity contribution in [3.8, 4) is 5.75 Å². The van der Waals surface area contributed by atoms with Gasteiger partial charge in [-0.25, -0.2) is 0 Å². The quantitative estimate of drug-likeness (QED) is 0.444. The monoisotopic (exact) mass is 404 g/mol. The molecule has 0 saturated carbocycles. The van der Waals surface area contributed by atoms with Gasteiger partial charge in [-0.2, -0.15) is 0 Å². The molecule has 5 heterocycles. The highest BCUT2D eigenvalue weighted by atomic mass is 16.6. The number of hydrogen-bond donors (Lipinski definition) is 0. The molecule has 8 heteroatoms. The zero-order chi connectivity index (χ0) is 19.2. The van der Waals surface area contributed by atoms with Crippen molar-refractivity contribution in [3.63, 3.8) is 0 Å². The van der Waals surface area contributed by atoms with Gasteiger partial charge in [0.05, 0.1) is 63.1 Å². The summed E-state index contributed by atoms with van der Waals surface area (Å²) < 4.78 is 33.8. The SMILES string of the molecule is c1cc(OCC2CO2)c(N(CC2CO2)CC2CO2)c(N(CC2CO2)CC2CO2)c1. The lowest BCUT2D eigenvalue weighted by atomic mass is 10.1. The van der Waals surface area contributed by atoms with Crippen molar-refractivity contribution in [2.45, 2.75) is 30.5 Å². The summed E-state index contributed by atoms with van der Waals surface area (Å²) in [6, 6.07) is 6.33. The molecule has 1 aromatic rings. The van der Waals surface area contributed by atoms with E-state index in [4.69, 9.17) is 28.4 Å². The van der Waals surface area contributed by atoms with Gasteiger partial charge in [-0.05, 0) is 12.1 Å². The van der Waals surface area contributed by atoms with Crippen molar-refractivity contribution in [2.75, 3.05) is 75.6 Å². The van der Waals surface area contributed by atoms with Gasteiger partial charge in [-0.1, -0.05) is 6.07 Å². The van der Waals surface area contributed by atoms with Crippen LogP contribution in [0.25, 0.3) is 0 Å². The largest absolute Gasteiger partial charge is 0.489 e. The van der Waals surface area contributed by atoms with Gasteiger partial charge in [0.15, 0.2) is 0 Å². The van der Waals surface area contributed by atoms with Crippen LogP contribution in [0.1, 0.15) is 0 Å². The van der Waals surface area contributed by atoms with Crippen LogP contribution < -0.4 is 14.5 Å². The van der Waals surface area contributed by atoms with E-state index in [2.05, 4.69) is 28.0 Å². The van der Waals surface area contributed by atoms with Crippen LogP contribution in [-0.4, -0.2) is 96.3 Å². The van der Waals surface area contributed by atoms with E-state index in [0.717, 1.165) is 70.7 Å². The van der Waals surface area contributed by atoms with Crippen molar-refractivity contribution >= 4 is 11.4 Å². The third-order valence-corrected chi connectivity index (χ3v) is 5.77. The van der Waals surface area contributed by atoms with Crippen molar-refractivity contribution < 1.29 is 28.4 Å². The van der Waals surface area contributed by atoms with E-state index in [1.54, 1.807) is 0 Å². The molecule has 0 amide bonds. The Kier molecular flexibility index (Phi) is 4.77. The summed E-state index contributed by atoms with van der Waals surface area (Å²) in [6.07, 6.45) is 1.40. The van der Waals surface area contributed by atoms with E-state index < -0.39 is 0 Å². The summed E-state index contributed by atoms with van der Waals surface area (Å²) in [6.45, 7) is 8.13. The lowest BCUT2D eigenvalue weighted by Crippen LogP contribution is -2.37. The molecule has 5 atom stereocenters. The van der Waals surface area contributed by atoms with Crippen LogP contribution in [0.3, 0.4) is 0 Å². The molecule has 8 nitrogen and oxygen atoms in total. The first-order valence-corrected chi connectivity index (χ1v) is 10.7. The fourth-order valence-corrected chi connectivity index (χ4v) is 3.75. The molecule has 0 bridgehead atoms. The van der Waals surface area contributed by atoms with Crippen LogP contribution in [0, 0.1) is 0 Å². The predicted octanol–water partition coefficient (Wildman–Crippen LogP) is 0.672. The maximum Gasteiger partial charge on any atom is 0.144 e. The van der Waals surface area contributed by atoms with Gasteiger partial charge in [-0.3, -0.25) is 0 Å². The Bertz CT molecular complexity index is 700. The van der Waals surface area contributed by atoms with Crippen molar-refractivity contribution in [1.29, 1.82) is 0 Å². The first-order chi connectivity index (χ1) is 14.3. The second-order valence-corrected chi connectivity index (χ2v) is 8.52. The van der Waals surface area contributed by atoms with E-state index in [1.165, 1.54) is 5.69 Å². The summed E-state index contributed by atoms with van der Waals surface area (Å²) in [5.41, 5.74) is 2.30. The Morgan fingerprint density at radius 1 is 0.690 bits per heavy atom. The number of nitrogens with zero attached hydrogens (tertiary/aromatic N) is 2. The average Bonchev–Trinajstić information content (AvgIpc) is 3.46. The summed E-state index contributed by atoms with van der Waals surface area (Å²) >= 11 is 0. The molecule has 158 valence electrons. The fraction of sp³-hybridized carbons (Fsp3) is 0.714. The topological polar surface area (TPSA) is 78.4 Å². The molecule has 29 heavy (non-hydrogen) atoms. The first kappa shape index (κ1) is 18.2. The fourth-order valence-electron chi connectivity index (χ4n) is 3.75. The van der Waals surface area contributed by atoms with Crippen molar-refractivity contribution in [3.05, 3.63) is 18.2 Å². The Morgan fingerprint density at radius 3 is 1.66 bits per heavy atom. The smallest absolute Gasteiger partial charge is 0.144 e. The van der Waals surface area contributed by atoms with Gasteiger partial charge in [-0.15, -0.1) is 0 Å². The first-order valence-electron chi connectivity index (χ1n) is 10.7. The Hall–Kier alpha value is -1.58. The van der Waals surface area contributed by atoms with E-state index in [0.29, 0.717) is 18.8 Å². The number of ether oxygens (including phenoxy) is 6. The standard InChI is InChI=1S/C21H28N2O6/c1-2-19(22(4-14-8-24-14)5-15-9-25-15)21(20(3-1)29-13-18-12-28-18)23(6-16-10-26-16)7-17-11-27-17/h1-3,14-18H,4-13H2. The third kappa shape index (κ3) is 4.95. The van der Waals surface area contributed by atoms with Gasteiger partial charge < -0.3 is 38.2 Å². The van der Waals surface area contributed by atoms with Crippen molar-refractivity contribution in [2.24, 2.45) is 0 Å². The van der Waals surface area contributed by atoms with E-state index in [1.807, 2.05) is 0 Å². The zero-order valence-electron chi connectivity index (χ0n) is 16.5. The second kappa shape index (κ2) is 7.59. The number of hydrogen-bond acceptors (Lipinski definition) is 8. The molecule has 5 fully saturated rings. The van der Waals surface area contributed by atoms with Gasteiger partial charge in [0, 0.05) is 26.2 Å². The molecule has 0 radical (unpaired) electrons. The minimum absolute atomic E-state index is 0.217. The highest BCUT2D eigenvalue weighted by Crippen LogP contribution is 2.41. The molecule has 5 unspecified atom stereocenters. The van der Waals surface area contributed by atoms with E-state index in [9.17, 15) is 0 Å². The predicted molar refractivity (Wildman–Crippen MR) is 105 cm³/mol. The van der Waals surface area contributed by atoms with Crippen LogP contribution in [0.5, 0.6) is 5.75 Å². The van der Waals surface area contributed by atoms with Crippen LogP contribution in [-0.2, 0) is 23.7 Å². The molecule has 5 saturated heterocycles. The number of benzene rings is 1. The average molecular weight is 404 g/mol. The van der Waals surface area contributed by atoms with Gasteiger partial charge in [0.2, 0.25) is 0 Å². The molecule has 0 aromatic heterocycles. The van der Waals surface area contributed by atoms with Gasteiger partial charge >= 0.3 is 0 Å². The zero-order valence-corrected chi connectivity index (χ0v) is 16.5. The summed E-state index contributed by atoms with van der Waals surface area (Å²) in [5, 5.41) is 0. The summed E-state index contributed by atoms with van der Waals surface area (Å²) in [5.74, 6) is 0.901. The maximum atomic E-state index is 6.24. The number of para-hydroxylation sites is 1. The molecule has 0 aliphatic carbocycles. The molecule has 0 spiro atoms. The minimum Gasteiger partial charge on any atom is -0.489 e. The van der Waals surface area contributed by atoms with Crippen LogP contribution in [0.2, 0.25) is 0 Å². The number of anilines is 2. The molecule has 5 aliphatic rings. The van der Waals surface area contributed by atoms with Crippen LogP contribution in [0.15, 0.2) is 18.2 Å². The molecular weight excluding hydrogens is 376 g/mol. The highest BCUT2D eigenvalue weighted by Gasteiger charge is 2.36. The summed E-state index contributed by atoms with van der Waals surface area (Å²) in [4.78, 5) is 4.79. The number of rotatable bonds is 13. The lowest BCUT2D eigenvalue weighted by Gasteiger charge is -2.33. The normalized spacial score (nSPS) is 33.2. The Labute approximate surface area is 170 Å². The highest BCUT2D eigenvalue weighted by molar-refractivity contribution is 5.78. The Morgan fingerprint density at radius 2 is 1.17 bits per heavy atom. The minimum atomic E-state index is 0.217. The maximum absolute atomic E-state index is 6.24. The molecule has 6 rings (SSSR count). The Balaban J connectivity index is 1.33. The summed E-state index contributed by atoms with van der Waals surface area (Å²) in [7, 11) is 0. The lowest BCUT2D eigenvalue weighted by molar-refractivity contribution is 0.263. The molecule has 5 aliphatic heterocycles.